The summed E-state index contributed by atoms with van der Waals surface area (Å²) in [5, 5.41) is 8.30. The predicted octanol–water partition coefficient (Wildman–Crippen LogP) is 1.28. The Hall–Kier alpha value is -1.76. The Morgan fingerprint density at radius 2 is 2.54 bits per heavy atom. The zero-order valence-electron chi connectivity index (χ0n) is 7.45. The maximum Gasteiger partial charge on any atom is 0.227 e. The van der Waals surface area contributed by atoms with Gasteiger partial charge in [0.1, 0.15) is 0 Å². The molecule has 13 heavy (non-hydrogen) atoms. The van der Waals surface area contributed by atoms with Crippen LogP contribution in [-0.2, 0) is 4.79 Å². The Morgan fingerprint density at radius 3 is 3.08 bits per heavy atom. The first-order chi connectivity index (χ1) is 6.25. The van der Waals surface area contributed by atoms with Crippen LogP contribution >= 0.6 is 0 Å². The van der Waals surface area contributed by atoms with Crippen molar-refractivity contribution in [2.75, 3.05) is 11.9 Å². The largest absolute Gasteiger partial charge is 0.366 e. The van der Waals surface area contributed by atoms with Crippen molar-refractivity contribution in [3.8, 4) is 6.07 Å². The fraction of sp³-hybridized carbons (Fsp3) is 0.333. The highest BCUT2D eigenvalue weighted by Gasteiger charge is 2.09. The molecule has 0 fully saturated rings. The van der Waals surface area contributed by atoms with Gasteiger partial charge >= 0.3 is 0 Å². The molecule has 0 saturated carbocycles. The van der Waals surface area contributed by atoms with Crippen molar-refractivity contribution in [1.82, 2.24) is 4.98 Å². The molecule has 0 spiro atoms. The molecule has 1 aromatic rings. The third-order valence-electron chi connectivity index (χ3n) is 1.79. The fourth-order valence-corrected chi connectivity index (χ4v) is 0.998. The van der Waals surface area contributed by atoms with Crippen LogP contribution in [0.25, 0.3) is 0 Å². The Morgan fingerprint density at radius 1 is 1.77 bits per heavy atom. The van der Waals surface area contributed by atoms with E-state index in [2.05, 4.69) is 4.98 Å². The zero-order chi connectivity index (χ0) is 9.68. The summed E-state index contributed by atoms with van der Waals surface area (Å²) in [6, 6.07) is 3.75. The SMILES string of the molecule is CN(C(=O)CCC#N)c1cc[nH]c1. The normalized spacial score (nSPS) is 9.23. The Labute approximate surface area is 76.8 Å². The highest BCUT2D eigenvalue weighted by Crippen LogP contribution is 2.11. The van der Waals surface area contributed by atoms with Crippen molar-refractivity contribution in [2.45, 2.75) is 12.8 Å². The van der Waals surface area contributed by atoms with Gasteiger partial charge in [-0.1, -0.05) is 0 Å². The minimum atomic E-state index is -0.0406. The van der Waals surface area contributed by atoms with Crippen LogP contribution in [0.15, 0.2) is 18.5 Å². The van der Waals surface area contributed by atoms with E-state index >= 15 is 0 Å². The molecule has 1 N–H and O–H groups in total. The van der Waals surface area contributed by atoms with Gasteiger partial charge in [0.25, 0.3) is 0 Å². The highest BCUT2D eigenvalue weighted by atomic mass is 16.2. The lowest BCUT2D eigenvalue weighted by Gasteiger charge is -2.13. The number of nitrogens with zero attached hydrogens (tertiary/aromatic N) is 2. The number of aromatic amines is 1. The van der Waals surface area contributed by atoms with Crippen LogP contribution in [-0.4, -0.2) is 17.9 Å². The molecule has 0 bridgehead atoms. The van der Waals surface area contributed by atoms with Crippen molar-refractivity contribution in [3.05, 3.63) is 18.5 Å². The van der Waals surface area contributed by atoms with Gasteiger partial charge in [-0.2, -0.15) is 5.26 Å². The summed E-state index contributed by atoms with van der Waals surface area (Å²) in [5.74, 6) is -0.0406. The van der Waals surface area contributed by atoms with Gasteiger partial charge in [-0.15, -0.1) is 0 Å². The molecule has 0 saturated heterocycles. The minimum Gasteiger partial charge on any atom is -0.366 e. The lowest BCUT2D eigenvalue weighted by Crippen LogP contribution is -2.25. The molecular formula is C9H11N3O. The lowest BCUT2D eigenvalue weighted by atomic mass is 10.3. The van der Waals surface area contributed by atoms with Crippen LogP contribution < -0.4 is 4.90 Å². The molecule has 1 aromatic heterocycles. The monoisotopic (exact) mass is 177 g/mol. The van der Waals surface area contributed by atoms with Gasteiger partial charge in [-0.05, 0) is 6.07 Å². The molecule has 1 heterocycles. The minimum absolute atomic E-state index is 0.0406. The molecule has 0 atom stereocenters. The summed E-state index contributed by atoms with van der Waals surface area (Å²) in [6.07, 6.45) is 4.04. The van der Waals surface area contributed by atoms with Crippen molar-refractivity contribution in [1.29, 1.82) is 5.26 Å². The van der Waals surface area contributed by atoms with E-state index in [9.17, 15) is 4.79 Å². The molecule has 4 nitrogen and oxygen atoms in total. The first-order valence-corrected chi connectivity index (χ1v) is 4.02. The van der Waals surface area contributed by atoms with E-state index in [1.165, 1.54) is 4.90 Å². The summed E-state index contributed by atoms with van der Waals surface area (Å²) < 4.78 is 0. The number of aromatic nitrogens is 1. The number of H-pyrrole nitrogens is 1. The standard InChI is InChI=1S/C9H11N3O/c1-12(8-4-6-11-7-8)9(13)3-2-5-10/h4,6-7,11H,2-3H2,1H3. The van der Waals surface area contributed by atoms with Gasteiger partial charge in [0.2, 0.25) is 5.91 Å². The second-order valence-electron chi connectivity index (χ2n) is 2.68. The quantitative estimate of drug-likeness (QED) is 0.756. The second kappa shape index (κ2) is 4.31. The second-order valence-corrected chi connectivity index (χ2v) is 2.68. The average Bonchev–Trinajstić information content (AvgIpc) is 2.65. The number of rotatable bonds is 3. The molecule has 0 radical (unpaired) electrons. The maximum absolute atomic E-state index is 11.4. The third kappa shape index (κ3) is 2.34. The highest BCUT2D eigenvalue weighted by molar-refractivity contribution is 5.92. The zero-order valence-corrected chi connectivity index (χ0v) is 7.45. The smallest absolute Gasteiger partial charge is 0.227 e. The van der Waals surface area contributed by atoms with Crippen molar-refractivity contribution in [2.24, 2.45) is 0 Å². The molecule has 0 aromatic carbocycles. The van der Waals surface area contributed by atoms with Crippen molar-refractivity contribution in [3.63, 3.8) is 0 Å². The molecule has 0 aliphatic heterocycles. The van der Waals surface area contributed by atoms with Gasteiger partial charge in [0, 0.05) is 32.3 Å². The number of carbonyl (C=O) groups excluding carboxylic acids is 1. The van der Waals surface area contributed by atoms with Gasteiger partial charge in [-0.25, -0.2) is 0 Å². The van der Waals surface area contributed by atoms with E-state index in [1.807, 2.05) is 12.1 Å². The van der Waals surface area contributed by atoms with E-state index < -0.39 is 0 Å². The summed E-state index contributed by atoms with van der Waals surface area (Å²) >= 11 is 0. The predicted molar refractivity (Wildman–Crippen MR) is 49.0 cm³/mol. The molecule has 1 rings (SSSR count). The van der Waals surface area contributed by atoms with E-state index in [-0.39, 0.29) is 18.7 Å². The van der Waals surface area contributed by atoms with Gasteiger partial charge < -0.3 is 9.88 Å². The van der Waals surface area contributed by atoms with Crippen molar-refractivity contribution >= 4 is 11.6 Å². The molecule has 0 aliphatic carbocycles. The van der Waals surface area contributed by atoms with Crippen LogP contribution in [0.4, 0.5) is 5.69 Å². The number of amides is 1. The van der Waals surface area contributed by atoms with Crippen LogP contribution in [0.2, 0.25) is 0 Å². The van der Waals surface area contributed by atoms with Crippen molar-refractivity contribution < 1.29 is 4.79 Å². The van der Waals surface area contributed by atoms with Crippen LogP contribution in [0.3, 0.4) is 0 Å². The fourth-order valence-electron chi connectivity index (χ4n) is 0.998. The Kier molecular flexibility index (Phi) is 3.09. The average molecular weight is 177 g/mol. The molecule has 0 aliphatic rings. The number of nitrogens with one attached hydrogen (secondary N) is 1. The van der Waals surface area contributed by atoms with Gasteiger partial charge in [0.15, 0.2) is 0 Å². The molecule has 68 valence electrons. The molecule has 0 unspecified atom stereocenters. The number of hydrogen-bond donors (Lipinski definition) is 1. The summed E-state index contributed by atoms with van der Waals surface area (Å²) in [7, 11) is 1.70. The van der Waals surface area contributed by atoms with Crippen LogP contribution in [0.5, 0.6) is 0 Å². The number of carbonyl (C=O) groups is 1. The first kappa shape index (κ1) is 9.33. The first-order valence-electron chi connectivity index (χ1n) is 4.02. The van der Waals surface area contributed by atoms with Gasteiger partial charge in [0.05, 0.1) is 11.8 Å². The van der Waals surface area contributed by atoms with E-state index in [0.29, 0.717) is 0 Å². The summed E-state index contributed by atoms with van der Waals surface area (Å²) in [4.78, 5) is 15.8. The maximum atomic E-state index is 11.4. The molecule has 1 amide bonds. The van der Waals surface area contributed by atoms with Crippen LogP contribution in [0, 0.1) is 11.3 Å². The van der Waals surface area contributed by atoms with E-state index in [4.69, 9.17) is 5.26 Å². The Bertz CT molecular complexity index is 310. The molecule has 4 heteroatoms. The summed E-state index contributed by atoms with van der Waals surface area (Å²) in [5.41, 5.74) is 0.822. The summed E-state index contributed by atoms with van der Waals surface area (Å²) in [6.45, 7) is 0. The third-order valence-corrected chi connectivity index (χ3v) is 1.79. The molecular weight excluding hydrogens is 166 g/mol. The van der Waals surface area contributed by atoms with Gasteiger partial charge in [-0.3, -0.25) is 4.79 Å². The lowest BCUT2D eigenvalue weighted by molar-refractivity contribution is -0.118. The topological polar surface area (TPSA) is 59.9 Å². The Balaban J connectivity index is 2.54. The van der Waals surface area contributed by atoms with E-state index in [0.717, 1.165) is 5.69 Å². The number of hydrogen-bond acceptors (Lipinski definition) is 2. The number of nitriles is 1. The van der Waals surface area contributed by atoms with E-state index in [1.54, 1.807) is 19.4 Å². The van der Waals surface area contributed by atoms with Crippen LogP contribution in [0.1, 0.15) is 12.8 Å². The number of anilines is 1.